The van der Waals surface area contributed by atoms with Crippen LogP contribution in [-0.2, 0) is 20.1 Å². The van der Waals surface area contributed by atoms with Crippen molar-refractivity contribution in [3.8, 4) is 0 Å². The second-order valence-corrected chi connectivity index (χ2v) is 11.6. The number of aliphatic hydroxyl groups excluding tert-OH is 2. The van der Waals surface area contributed by atoms with E-state index >= 15 is 0 Å². The molecule has 3 fully saturated rings. The van der Waals surface area contributed by atoms with E-state index in [2.05, 4.69) is 63.4 Å². The number of para-hydroxylation sites is 1. The minimum atomic E-state index is -0.216. The second-order valence-electron chi connectivity index (χ2n) is 11.6. The van der Waals surface area contributed by atoms with Gasteiger partial charge in [0, 0.05) is 42.5 Å². The fraction of sp³-hybridized carbons (Fsp3) is 0.552. The molecule has 4 nitrogen and oxygen atoms in total. The molecule has 4 atom stereocenters. The van der Waals surface area contributed by atoms with Crippen molar-refractivity contribution in [2.75, 3.05) is 4.90 Å². The van der Waals surface area contributed by atoms with Gasteiger partial charge in [0.1, 0.15) is 5.58 Å². The molecular formula is C29H37IrNO3-2. The van der Waals surface area contributed by atoms with Gasteiger partial charge in [-0.1, -0.05) is 56.0 Å². The molecule has 2 heterocycles. The van der Waals surface area contributed by atoms with Crippen molar-refractivity contribution in [3.63, 3.8) is 0 Å². The van der Waals surface area contributed by atoms with Gasteiger partial charge in [-0.3, -0.25) is 0 Å². The van der Waals surface area contributed by atoms with Crippen LogP contribution in [0.1, 0.15) is 66.2 Å². The zero-order valence-corrected chi connectivity index (χ0v) is 23.1. The van der Waals surface area contributed by atoms with Crippen LogP contribution in [0.15, 0.2) is 40.8 Å². The van der Waals surface area contributed by atoms with Gasteiger partial charge in [-0.15, -0.1) is 5.41 Å². The van der Waals surface area contributed by atoms with Gasteiger partial charge < -0.3 is 19.5 Å². The molecule has 2 aromatic carbocycles. The molecule has 187 valence electrons. The number of hydrogen-bond donors (Lipinski definition) is 2. The Hall–Kier alpha value is -1.39. The van der Waals surface area contributed by atoms with Crippen LogP contribution in [0.2, 0.25) is 0 Å². The molecule has 34 heavy (non-hydrogen) atoms. The molecule has 0 amide bonds. The Kier molecular flexibility index (Phi) is 7.24. The Morgan fingerprint density at radius 3 is 2.41 bits per heavy atom. The van der Waals surface area contributed by atoms with Crippen molar-refractivity contribution in [2.24, 2.45) is 17.3 Å². The number of fused-ring (bicyclic) bond motifs is 4. The van der Waals surface area contributed by atoms with Gasteiger partial charge >= 0.3 is 0 Å². The quantitative estimate of drug-likeness (QED) is 0.300. The molecule has 2 saturated carbocycles. The number of nitrogens with zero attached hydrogens (tertiary/aromatic N) is 1. The van der Waals surface area contributed by atoms with Crippen LogP contribution >= 0.6 is 0 Å². The minimum Gasteiger partial charge on any atom is -0.535 e. The molecule has 2 aliphatic carbocycles. The van der Waals surface area contributed by atoms with Crippen LogP contribution in [0.5, 0.6) is 0 Å². The molecule has 6 rings (SSSR count). The number of anilines is 1. The first kappa shape index (κ1) is 25.7. The number of benzene rings is 2. The predicted octanol–water partition coefficient (Wildman–Crippen LogP) is 6.48. The SMILES string of the molecule is CC1(C)[CH-]N(c2[c-]ccc3c2oc2ccccc23)C(C)(C)C1.OC1CCCC2CCC(O)C12.[Ir]. The topological polar surface area (TPSA) is 56.8 Å². The number of rotatable bonds is 1. The number of aliphatic hydroxyl groups is 2. The summed E-state index contributed by atoms with van der Waals surface area (Å²) >= 11 is 0. The largest absolute Gasteiger partial charge is 0.535 e. The molecular weight excluding hydrogens is 603 g/mol. The van der Waals surface area contributed by atoms with E-state index in [0.717, 1.165) is 49.0 Å². The third kappa shape index (κ3) is 4.69. The summed E-state index contributed by atoms with van der Waals surface area (Å²) in [6, 6.07) is 15.7. The molecule has 5 heteroatoms. The van der Waals surface area contributed by atoms with E-state index in [1.165, 1.54) is 17.2 Å². The zero-order chi connectivity index (χ0) is 23.4. The van der Waals surface area contributed by atoms with E-state index in [4.69, 9.17) is 4.42 Å². The third-order valence-corrected chi connectivity index (χ3v) is 7.92. The van der Waals surface area contributed by atoms with Gasteiger partial charge in [0.05, 0.1) is 12.2 Å². The van der Waals surface area contributed by atoms with Crippen LogP contribution in [0.25, 0.3) is 21.9 Å². The minimum absolute atomic E-state index is 0. The van der Waals surface area contributed by atoms with E-state index < -0.39 is 0 Å². The Morgan fingerprint density at radius 1 is 0.971 bits per heavy atom. The molecule has 1 saturated heterocycles. The summed E-state index contributed by atoms with van der Waals surface area (Å²) in [5.41, 5.74) is 3.17. The Labute approximate surface area is 217 Å². The predicted molar refractivity (Wildman–Crippen MR) is 134 cm³/mol. The van der Waals surface area contributed by atoms with Crippen LogP contribution in [0.4, 0.5) is 5.69 Å². The molecule has 1 aromatic heterocycles. The molecule has 1 aliphatic heterocycles. The van der Waals surface area contributed by atoms with E-state index in [0.29, 0.717) is 5.92 Å². The van der Waals surface area contributed by atoms with E-state index in [1.54, 1.807) is 0 Å². The third-order valence-electron chi connectivity index (χ3n) is 7.92. The molecule has 0 spiro atoms. The fourth-order valence-corrected chi connectivity index (χ4v) is 6.77. The smallest absolute Gasteiger partial charge is 0.116 e. The number of furan rings is 1. The van der Waals surface area contributed by atoms with Crippen molar-refractivity contribution in [1.29, 1.82) is 0 Å². The van der Waals surface area contributed by atoms with Gasteiger partial charge in [0.2, 0.25) is 0 Å². The van der Waals surface area contributed by atoms with Crippen molar-refractivity contribution in [3.05, 3.63) is 49.0 Å². The van der Waals surface area contributed by atoms with Crippen LogP contribution in [0.3, 0.4) is 0 Å². The van der Waals surface area contributed by atoms with Gasteiger partial charge in [0.15, 0.2) is 0 Å². The average Bonchev–Trinajstić information content (AvgIpc) is 3.39. The first-order valence-corrected chi connectivity index (χ1v) is 12.5. The second kappa shape index (κ2) is 9.58. The Balaban J connectivity index is 0.000000193. The monoisotopic (exact) mass is 640 g/mol. The van der Waals surface area contributed by atoms with Crippen molar-refractivity contribution in [2.45, 2.75) is 84.0 Å². The molecule has 2 N–H and O–H groups in total. The summed E-state index contributed by atoms with van der Waals surface area (Å²) in [6.07, 6.45) is 5.99. The Bertz CT molecular complexity index is 1130. The summed E-state index contributed by atoms with van der Waals surface area (Å²) in [5, 5.41) is 21.5. The molecule has 4 unspecified atom stereocenters. The first-order chi connectivity index (χ1) is 15.7. The maximum Gasteiger partial charge on any atom is 0.116 e. The van der Waals surface area contributed by atoms with Gasteiger partial charge in [-0.2, -0.15) is 18.2 Å². The van der Waals surface area contributed by atoms with E-state index in [9.17, 15) is 10.2 Å². The summed E-state index contributed by atoms with van der Waals surface area (Å²) in [7, 11) is 0. The number of hydrogen-bond acceptors (Lipinski definition) is 4. The summed E-state index contributed by atoms with van der Waals surface area (Å²) < 4.78 is 6.16. The summed E-state index contributed by atoms with van der Waals surface area (Å²) in [4.78, 5) is 2.34. The average molecular weight is 640 g/mol. The first-order valence-electron chi connectivity index (χ1n) is 12.5. The summed E-state index contributed by atoms with van der Waals surface area (Å²) in [6.45, 7) is 11.5. The van der Waals surface area contributed by atoms with Crippen molar-refractivity contribution >= 4 is 27.6 Å². The van der Waals surface area contributed by atoms with Gasteiger partial charge in [-0.25, -0.2) is 6.54 Å². The van der Waals surface area contributed by atoms with Crippen LogP contribution < -0.4 is 4.90 Å². The standard InChI is InChI=1S/C20H21NO.C9H16O2.Ir/c1-19(2)12-20(3,4)21(13-19)16-10-7-9-15-14-8-5-6-11-17(14)22-18(15)16;10-7-3-1-2-6-4-5-8(11)9(6)7;/h5-9,11,13H,12H2,1-4H3;6-11H,1-5H2;/q-2;;. The van der Waals surface area contributed by atoms with Crippen LogP contribution in [0, 0.1) is 29.9 Å². The van der Waals surface area contributed by atoms with Crippen molar-refractivity contribution in [1.82, 2.24) is 0 Å². The summed E-state index contributed by atoms with van der Waals surface area (Å²) in [5.74, 6) is 0.831. The normalized spacial score (nSPS) is 29.4. The maximum absolute atomic E-state index is 9.59. The molecule has 3 aliphatic rings. The Morgan fingerprint density at radius 2 is 1.71 bits per heavy atom. The molecule has 0 bridgehead atoms. The molecule has 3 aromatic rings. The van der Waals surface area contributed by atoms with Crippen LogP contribution in [-0.4, -0.2) is 28.0 Å². The molecule has 1 radical (unpaired) electrons. The fourth-order valence-electron chi connectivity index (χ4n) is 6.77. The van der Waals surface area contributed by atoms with Gasteiger partial charge in [0.25, 0.3) is 0 Å². The van der Waals surface area contributed by atoms with E-state index in [-0.39, 0.29) is 49.2 Å². The maximum atomic E-state index is 9.59. The van der Waals surface area contributed by atoms with E-state index in [1.807, 2.05) is 18.2 Å². The zero-order valence-electron chi connectivity index (χ0n) is 20.7. The van der Waals surface area contributed by atoms with Crippen molar-refractivity contribution < 1.29 is 34.7 Å². The van der Waals surface area contributed by atoms with Gasteiger partial charge in [-0.05, 0) is 51.5 Å².